The van der Waals surface area contributed by atoms with Crippen LogP contribution in [0.25, 0.3) is 0 Å². The van der Waals surface area contributed by atoms with E-state index in [0.717, 1.165) is 37.0 Å². The smallest absolute Gasteiger partial charge is 0.133 e. The first kappa shape index (κ1) is 14.2. The molecule has 1 aromatic heterocycles. The highest BCUT2D eigenvalue weighted by Gasteiger charge is 2.13. The third-order valence-corrected chi connectivity index (χ3v) is 3.38. The first-order chi connectivity index (χ1) is 8.10. The molecule has 17 heavy (non-hydrogen) atoms. The quantitative estimate of drug-likeness (QED) is 0.794. The van der Waals surface area contributed by atoms with Crippen molar-refractivity contribution in [1.82, 2.24) is 14.8 Å². The molecule has 1 atom stereocenters. The third-order valence-electron chi connectivity index (χ3n) is 3.38. The molecule has 98 valence electrons. The van der Waals surface area contributed by atoms with Crippen LogP contribution in [0.2, 0.25) is 0 Å². The van der Waals surface area contributed by atoms with Crippen LogP contribution in [-0.2, 0) is 6.42 Å². The Kier molecular flexibility index (Phi) is 5.62. The molecular formula is C13H26N4. The van der Waals surface area contributed by atoms with Crippen LogP contribution in [0, 0.1) is 12.8 Å². The van der Waals surface area contributed by atoms with Crippen molar-refractivity contribution in [3.05, 3.63) is 11.6 Å². The molecule has 0 fully saturated rings. The van der Waals surface area contributed by atoms with Crippen LogP contribution in [0.1, 0.15) is 57.7 Å². The van der Waals surface area contributed by atoms with E-state index in [9.17, 15) is 0 Å². The van der Waals surface area contributed by atoms with E-state index in [0.29, 0.717) is 6.04 Å². The van der Waals surface area contributed by atoms with Gasteiger partial charge in [-0.15, -0.1) is 10.2 Å². The monoisotopic (exact) mass is 238 g/mol. The van der Waals surface area contributed by atoms with Crippen molar-refractivity contribution in [2.45, 2.75) is 59.4 Å². The molecule has 1 rings (SSSR count). The van der Waals surface area contributed by atoms with Crippen molar-refractivity contribution in [2.75, 3.05) is 6.54 Å². The van der Waals surface area contributed by atoms with E-state index in [1.165, 1.54) is 12.8 Å². The number of aryl methyl sites for hydroxylation is 2. The van der Waals surface area contributed by atoms with E-state index in [4.69, 9.17) is 5.73 Å². The molecule has 0 spiro atoms. The SMILES string of the molecule is CCC(CCN)CCc1nnc(C)n1C(C)C. The molecule has 4 nitrogen and oxygen atoms in total. The summed E-state index contributed by atoms with van der Waals surface area (Å²) < 4.78 is 2.23. The standard InChI is InChI=1S/C13H26N4/c1-5-12(8-9-14)6-7-13-16-15-11(4)17(13)10(2)3/h10,12H,5-9,14H2,1-4H3. The number of hydrogen-bond donors (Lipinski definition) is 1. The van der Waals surface area contributed by atoms with Crippen molar-refractivity contribution in [1.29, 1.82) is 0 Å². The first-order valence-corrected chi connectivity index (χ1v) is 6.70. The number of hydrogen-bond acceptors (Lipinski definition) is 3. The Bertz CT molecular complexity index is 330. The fourth-order valence-corrected chi connectivity index (χ4v) is 2.38. The average Bonchev–Trinajstić information content (AvgIpc) is 2.65. The molecule has 0 amide bonds. The molecule has 1 heterocycles. The van der Waals surface area contributed by atoms with E-state index >= 15 is 0 Å². The summed E-state index contributed by atoms with van der Waals surface area (Å²) in [6, 6.07) is 0.439. The van der Waals surface area contributed by atoms with Crippen LogP contribution in [0.3, 0.4) is 0 Å². The van der Waals surface area contributed by atoms with Crippen LogP contribution in [0.4, 0.5) is 0 Å². The number of nitrogens with two attached hydrogens (primary N) is 1. The van der Waals surface area contributed by atoms with Gasteiger partial charge in [0.15, 0.2) is 0 Å². The summed E-state index contributed by atoms with van der Waals surface area (Å²) in [6.07, 6.45) is 4.49. The molecule has 0 aliphatic heterocycles. The minimum atomic E-state index is 0.439. The van der Waals surface area contributed by atoms with Gasteiger partial charge < -0.3 is 10.3 Å². The summed E-state index contributed by atoms with van der Waals surface area (Å²) in [4.78, 5) is 0. The molecule has 0 aromatic carbocycles. The van der Waals surface area contributed by atoms with Crippen molar-refractivity contribution in [3.63, 3.8) is 0 Å². The van der Waals surface area contributed by atoms with Crippen LogP contribution in [-0.4, -0.2) is 21.3 Å². The molecule has 4 heteroatoms. The molecule has 1 unspecified atom stereocenters. The van der Waals surface area contributed by atoms with Gasteiger partial charge in [-0.1, -0.05) is 13.3 Å². The Balaban J connectivity index is 2.62. The maximum Gasteiger partial charge on any atom is 0.133 e. The highest BCUT2D eigenvalue weighted by molar-refractivity contribution is 4.96. The van der Waals surface area contributed by atoms with E-state index in [2.05, 4.69) is 35.5 Å². The summed E-state index contributed by atoms with van der Waals surface area (Å²) in [5.74, 6) is 2.85. The summed E-state index contributed by atoms with van der Waals surface area (Å²) in [5.41, 5.74) is 5.62. The Labute approximate surface area is 105 Å². The second-order valence-corrected chi connectivity index (χ2v) is 5.02. The fourth-order valence-electron chi connectivity index (χ4n) is 2.38. The maximum absolute atomic E-state index is 5.62. The van der Waals surface area contributed by atoms with Crippen LogP contribution in [0.5, 0.6) is 0 Å². The predicted molar refractivity (Wildman–Crippen MR) is 70.9 cm³/mol. The molecular weight excluding hydrogens is 212 g/mol. The number of rotatable bonds is 7. The molecule has 0 saturated carbocycles. The molecule has 1 aromatic rings. The summed E-state index contributed by atoms with van der Waals surface area (Å²) in [7, 11) is 0. The summed E-state index contributed by atoms with van der Waals surface area (Å²) in [6.45, 7) is 9.40. The van der Waals surface area contributed by atoms with Gasteiger partial charge in [-0.05, 0) is 46.1 Å². The minimum Gasteiger partial charge on any atom is -0.330 e. The summed E-state index contributed by atoms with van der Waals surface area (Å²) >= 11 is 0. The minimum absolute atomic E-state index is 0.439. The van der Waals surface area contributed by atoms with E-state index < -0.39 is 0 Å². The third kappa shape index (κ3) is 3.80. The van der Waals surface area contributed by atoms with E-state index in [-0.39, 0.29) is 0 Å². The topological polar surface area (TPSA) is 56.7 Å². The molecule has 0 saturated heterocycles. The van der Waals surface area contributed by atoms with Crippen molar-refractivity contribution >= 4 is 0 Å². The molecule has 0 aliphatic rings. The van der Waals surface area contributed by atoms with E-state index in [1.54, 1.807) is 0 Å². The van der Waals surface area contributed by atoms with Crippen molar-refractivity contribution < 1.29 is 0 Å². The summed E-state index contributed by atoms with van der Waals surface area (Å²) in [5, 5.41) is 8.46. The fraction of sp³-hybridized carbons (Fsp3) is 0.846. The second kappa shape index (κ2) is 6.74. The first-order valence-electron chi connectivity index (χ1n) is 6.70. The number of nitrogens with zero attached hydrogens (tertiary/aromatic N) is 3. The molecule has 0 bridgehead atoms. The van der Waals surface area contributed by atoms with Crippen LogP contribution >= 0.6 is 0 Å². The van der Waals surface area contributed by atoms with Gasteiger partial charge in [0.2, 0.25) is 0 Å². The van der Waals surface area contributed by atoms with Gasteiger partial charge in [0, 0.05) is 12.5 Å². The van der Waals surface area contributed by atoms with Crippen molar-refractivity contribution in [3.8, 4) is 0 Å². The van der Waals surface area contributed by atoms with Crippen molar-refractivity contribution in [2.24, 2.45) is 11.7 Å². The van der Waals surface area contributed by atoms with Crippen LogP contribution in [0.15, 0.2) is 0 Å². The second-order valence-electron chi connectivity index (χ2n) is 5.02. The van der Waals surface area contributed by atoms with Gasteiger partial charge in [0.05, 0.1) is 0 Å². The lowest BCUT2D eigenvalue weighted by molar-refractivity contribution is 0.429. The zero-order valence-corrected chi connectivity index (χ0v) is 11.6. The van der Waals surface area contributed by atoms with Gasteiger partial charge in [0.25, 0.3) is 0 Å². The van der Waals surface area contributed by atoms with Crippen LogP contribution < -0.4 is 5.73 Å². The zero-order valence-electron chi connectivity index (χ0n) is 11.6. The van der Waals surface area contributed by atoms with Gasteiger partial charge in [-0.2, -0.15) is 0 Å². The average molecular weight is 238 g/mol. The predicted octanol–water partition coefficient (Wildman–Crippen LogP) is 2.48. The molecule has 0 radical (unpaired) electrons. The normalized spacial score (nSPS) is 13.3. The lowest BCUT2D eigenvalue weighted by atomic mass is 9.96. The van der Waals surface area contributed by atoms with E-state index in [1.807, 2.05) is 6.92 Å². The zero-order chi connectivity index (χ0) is 12.8. The van der Waals surface area contributed by atoms with Gasteiger partial charge in [-0.25, -0.2) is 0 Å². The Morgan fingerprint density at radius 1 is 1.24 bits per heavy atom. The Morgan fingerprint density at radius 3 is 2.47 bits per heavy atom. The lowest BCUT2D eigenvalue weighted by Gasteiger charge is -2.15. The molecule has 0 aliphatic carbocycles. The largest absolute Gasteiger partial charge is 0.330 e. The Morgan fingerprint density at radius 2 is 1.94 bits per heavy atom. The highest BCUT2D eigenvalue weighted by Crippen LogP contribution is 2.18. The molecule has 2 N–H and O–H groups in total. The van der Waals surface area contributed by atoms with Gasteiger partial charge in [-0.3, -0.25) is 0 Å². The lowest BCUT2D eigenvalue weighted by Crippen LogP contribution is -2.12. The maximum atomic E-state index is 5.62. The van der Waals surface area contributed by atoms with Gasteiger partial charge >= 0.3 is 0 Å². The van der Waals surface area contributed by atoms with Gasteiger partial charge in [0.1, 0.15) is 11.6 Å². The Hall–Kier alpha value is -0.900. The number of aromatic nitrogens is 3. The highest BCUT2D eigenvalue weighted by atomic mass is 15.3.